The Labute approximate surface area is 112 Å². The summed E-state index contributed by atoms with van der Waals surface area (Å²) in [6.45, 7) is 0. The minimum absolute atomic E-state index is 0.258. The van der Waals surface area contributed by atoms with Crippen LogP contribution in [0.5, 0.6) is 0 Å². The second-order valence-corrected chi connectivity index (χ2v) is 5.02. The summed E-state index contributed by atoms with van der Waals surface area (Å²) in [5.74, 6) is -0.258. The van der Waals surface area contributed by atoms with E-state index in [1.807, 2.05) is 0 Å². The molecule has 0 saturated heterocycles. The Morgan fingerprint density at radius 2 is 2.00 bits per heavy atom. The molecule has 0 unspecified atom stereocenters. The van der Waals surface area contributed by atoms with Gasteiger partial charge in [-0.05, 0) is 29.6 Å². The quantitative estimate of drug-likeness (QED) is 0.823. The first-order chi connectivity index (χ1) is 8.08. The van der Waals surface area contributed by atoms with E-state index in [-0.39, 0.29) is 5.91 Å². The molecule has 3 N–H and O–H groups in total. The van der Waals surface area contributed by atoms with Gasteiger partial charge in [0.2, 0.25) is 0 Å². The van der Waals surface area contributed by atoms with Gasteiger partial charge in [-0.1, -0.05) is 23.2 Å². The standard InChI is InChI=1S/C11H8Cl2N2OS/c12-7-3-4-17-10(7)11(16)15-6-1-2-9(14)8(13)5-6/h1-5H,14H2,(H,15,16). The van der Waals surface area contributed by atoms with Crippen molar-refractivity contribution in [2.45, 2.75) is 0 Å². The van der Waals surface area contributed by atoms with Gasteiger partial charge in [0.15, 0.2) is 0 Å². The van der Waals surface area contributed by atoms with E-state index in [2.05, 4.69) is 5.32 Å². The molecule has 6 heteroatoms. The number of halogens is 2. The number of thiophene rings is 1. The van der Waals surface area contributed by atoms with Crippen molar-refractivity contribution in [1.29, 1.82) is 0 Å². The second-order valence-electron chi connectivity index (χ2n) is 3.29. The molecule has 0 atom stereocenters. The molecule has 1 amide bonds. The molecule has 0 aliphatic heterocycles. The maximum Gasteiger partial charge on any atom is 0.267 e. The van der Waals surface area contributed by atoms with E-state index >= 15 is 0 Å². The van der Waals surface area contributed by atoms with E-state index in [9.17, 15) is 4.79 Å². The van der Waals surface area contributed by atoms with Crippen LogP contribution in [0.3, 0.4) is 0 Å². The van der Waals surface area contributed by atoms with Gasteiger partial charge in [0.1, 0.15) is 4.88 Å². The highest BCUT2D eigenvalue weighted by Crippen LogP contribution is 2.25. The van der Waals surface area contributed by atoms with E-state index in [4.69, 9.17) is 28.9 Å². The predicted octanol–water partition coefficient (Wildman–Crippen LogP) is 3.89. The SMILES string of the molecule is Nc1ccc(NC(=O)c2sccc2Cl)cc1Cl. The van der Waals surface area contributed by atoms with Gasteiger partial charge >= 0.3 is 0 Å². The van der Waals surface area contributed by atoms with Gasteiger partial charge in [-0.3, -0.25) is 4.79 Å². The molecule has 0 bridgehead atoms. The summed E-state index contributed by atoms with van der Waals surface area (Å²) < 4.78 is 0. The number of nitrogens with two attached hydrogens (primary N) is 1. The van der Waals surface area contributed by atoms with E-state index in [1.54, 1.807) is 29.6 Å². The minimum Gasteiger partial charge on any atom is -0.398 e. The van der Waals surface area contributed by atoms with Crippen molar-refractivity contribution in [3.63, 3.8) is 0 Å². The second kappa shape index (κ2) is 4.96. The van der Waals surface area contributed by atoms with E-state index in [0.29, 0.717) is 26.3 Å². The Kier molecular flexibility index (Phi) is 3.57. The third-order valence-corrected chi connectivity index (χ3v) is 3.75. The third kappa shape index (κ3) is 2.72. The zero-order valence-electron chi connectivity index (χ0n) is 8.54. The van der Waals surface area contributed by atoms with Crippen molar-refractivity contribution in [3.05, 3.63) is 44.6 Å². The van der Waals surface area contributed by atoms with E-state index in [0.717, 1.165) is 0 Å². The predicted molar refractivity (Wildman–Crippen MR) is 73.1 cm³/mol. The molecule has 0 spiro atoms. The Balaban J connectivity index is 2.19. The largest absolute Gasteiger partial charge is 0.398 e. The number of nitrogen functional groups attached to an aromatic ring is 1. The van der Waals surface area contributed by atoms with Crippen LogP contribution in [0.1, 0.15) is 9.67 Å². The number of benzene rings is 1. The fourth-order valence-electron chi connectivity index (χ4n) is 1.25. The lowest BCUT2D eigenvalue weighted by Gasteiger charge is -2.05. The molecule has 1 aromatic carbocycles. The lowest BCUT2D eigenvalue weighted by atomic mass is 10.3. The Morgan fingerprint density at radius 1 is 1.24 bits per heavy atom. The summed E-state index contributed by atoms with van der Waals surface area (Å²) in [6.07, 6.45) is 0. The molecule has 0 saturated carbocycles. The average Bonchev–Trinajstić information content (AvgIpc) is 2.70. The fraction of sp³-hybridized carbons (Fsp3) is 0. The van der Waals surface area contributed by atoms with E-state index in [1.165, 1.54) is 11.3 Å². The Morgan fingerprint density at radius 3 is 2.59 bits per heavy atom. The molecule has 88 valence electrons. The first-order valence-corrected chi connectivity index (χ1v) is 6.31. The van der Waals surface area contributed by atoms with Gasteiger partial charge in [0, 0.05) is 5.69 Å². The van der Waals surface area contributed by atoms with Crippen LogP contribution in [0, 0.1) is 0 Å². The normalized spacial score (nSPS) is 10.2. The van der Waals surface area contributed by atoms with Crippen molar-refractivity contribution in [2.75, 3.05) is 11.1 Å². The molecule has 1 aromatic heterocycles. The van der Waals surface area contributed by atoms with Crippen molar-refractivity contribution in [3.8, 4) is 0 Å². The lowest BCUT2D eigenvalue weighted by Crippen LogP contribution is -2.10. The number of carbonyl (C=O) groups excluding carboxylic acids is 1. The average molecular weight is 287 g/mol. The van der Waals surface area contributed by atoms with Gasteiger partial charge in [0.05, 0.1) is 15.7 Å². The third-order valence-electron chi connectivity index (χ3n) is 2.08. The van der Waals surface area contributed by atoms with Gasteiger partial charge in [-0.25, -0.2) is 0 Å². The molecule has 0 fully saturated rings. The summed E-state index contributed by atoms with van der Waals surface area (Å²) in [6, 6.07) is 6.59. The molecule has 0 aliphatic carbocycles. The van der Waals surface area contributed by atoms with Crippen molar-refractivity contribution >= 4 is 51.8 Å². The van der Waals surface area contributed by atoms with Crippen LogP contribution in [0.4, 0.5) is 11.4 Å². The van der Waals surface area contributed by atoms with Crippen molar-refractivity contribution < 1.29 is 4.79 Å². The summed E-state index contributed by atoms with van der Waals surface area (Å²) >= 11 is 13.0. The number of amides is 1. The smallest absolute Gasteiger partial charge is 0.267 e. The molecule has 3 nitrogen and oxygen atoms in total. The summed E-state index contributed by atoms with van der Waals surface area (Å²) in [5, 5.41) is 5.30. The minimum atomic E-state index is -0.258. The van der Waals surface area contributed by atoms with Crippen LogP contribution in [0.15, 0.2) is 29.6 Å². The number of carbonyl (C=O) groups is 1. The molecule has 2 aromatic rings. The fourth-order valence-corrected chi connectivity index (χ4v) is 2.47. The van der Waals surface area contributed by atoms with Crippen LogP contribution < -0.4 is 11.1 Å². The summed E-state index contributed by atoms with van der Waals surface area (Å²) in [5.41, 5.74) is 6.63. The van der Waals surface area contributed by atoms with Gasteiger partial charge in [0.25, 0.3) is 5.91 Å². The Bertz CT molecular complexity index is 568. The zero-order valence-corrected chi connectivity index (χ0v) is 10.9. The number of hydrogen-bond donors (Lipinski definition) is 2. The highest BCUT2D eigenvalue weighted by Gasteiger charge is 2.12. The number of anilines is 2. The molecule has 1 heterocycles. The monoisotopic (exact) mass is 286 g/mol. The van der Waals surface area contributed by atoms with E-state index < -0.39 is 0 Å². The van der Waals surface area contributed by atoms with Crippen LogP contribution >= 0.6 is 34.5 Å². The van der Waals surface area contributed by atoms with Gasteiger partial charge in [-0.15, -0.1) is 11.3 Å². The highest BCUT2D eigenvalue weighted by atomic mass is 35.5. The number of rotatable bonds is 2. The maximum absolute atomic E-state index is 11.8. The maximum atomic E-state index is 11.8. The van der Waals surface area contributed by atoms with Crippen LogP contribution in [0.25, 0.3) is 0 Å². The van der Waals surface area contributed by atoms with Crippen molar-refractivity contribution in [1.82, 2.24) is 0 Å². The molecular formula is C11H8Cl2N2OS. The molecule has 2 rings (SSSR count). The van der Waals surface area contributed by atoms with Crippen LogP contribution in [-0.4, -0.2) is 5.91 Å². The summed E-state index contributed by atoms with van der Waals surface area (Å²) in [7, 11) is 0. The highest BCUT2D eigenvalue weighted by molar-refractivity contribution is 7.12. The molecular weight excluding hydrogens is 279 g/mol. The number of hydrogen-bond acceptors (Lipinski definition) is 3. The molecule has 17 heavy (non-hydrogen) atoms. The van der Waals surface area contributed by atoms with Crippen molar-refractivity contribution in [2.24, 2.45) is 0 Å². The van der Waals surface area contributed by atoms with Crippen LogP contribution in [-0.2, 0) is 0 Å². The topological polar surface area (TPSA) is 55.1 Å². The number of nitrogens with one attached hydrogen (secondary N) is 1. The zero-order chi connectivity index (χ0) is 12.4. The summed E-state index contributed by atoms with van der Waals surface area (Å²) in [4.78, 5) is 12.3. The first kappa shape index (κ1) is 12.2. The molecule has 0 radical (unpaired) electrons. The Hall–Kier alpha value is -1.23. The van der Waals surface area contributed by atoms with Gasteiger partial charge in [-0.2, -0.15) is 0 Å². The molecule has 0 aliphatic rings. The lowest BCUT2D eigenvalue weighted by molar-refractivity contribution is 0.103. The first-order valence-electron chi connectivity index (χ1n) is 4.67. The van der Waals surface area contributed by atoms with Crippen LogP contribution in [0.2, 0.25) is 10.0 Å². The van der Waals surface area contributed by atoms with Gasteiger partial charge < -0.3 is 11.1 Å².